The number of benzene rings is 1. The predicted octanol–water partition coefficient (Wildman–Crippen LogP) is 2.38. The molecule has 0 aliphatic heterocycles. The summed E-state index contributed by atoms with van der Waals surface area (Å²) in [5.74, 6) is -0.167. The highest BCUT2D eigenvalue weighted by molar-refractivity contribution is 6.30. The average molecular weight is 293 g/mol. The topological polar surface area (TPSA) is 54.3 Å². The number of hydrogen-bond acceptors (Lipinski definition) is 2. The van der Waals surface area contributed by atoms with Crippen molar-refractivity contribution in [2.75, 3.05) is 6.54 Å². The van der Waals surface area contributed by atoms with E-state index in [1.54, 1.807) is 24.3 Å². The molecule has 1 aromatic carbocycles. The van der Waals surface area contributed by atoms with Crippen molar-refractivity contribution in [3.63, 3.8) is 0 Å². The number of rotatable bonds is 6. The lowest BCUT2D eigenvalue weighted by molar-refractivity contribution is -0.123. The second-order valence-corrected chi connectivity index (χ2v) is 4.98. The first-order valence-corrected chi connectivity index (χ1v) is 6.84. The molecular formula is C15H17ClN2O2. The summed E-state index contributed by atoms with van der Waals surface area (Å²) in [7, 11) is 0. The van der Waals surface area contributed by atoms with Gasteiger partial charge in [0.25, 0.3) is 0 Å². The first-order chi connectivity index (χ1) is 9.65. The Morgan fingerprint density at radius 2 is 1.90 bits per heavy atom. The molecule has 1 heterocycles. The summed E-state index contributed by atoms with van der Waals surface area (Å²) in [6, 6.07) is 10.7. The number of carbonyl (C=O) groups is 1. The molecule has 2 rings (SSSR count). The Labute approximate surface area is 123 Å². The van der Waals surface area contributed by atoms with Crippen molar-refractivity contribution in [3.8, 4) is 0 Å². The summed E-state index contributed by atoms with van der Waals surface area (Å²) in [5, 5.41) is 13.4. The second-order valence-electron chi connectivity index (χ2n) is 4.54. The minimum Gasteiger partial charge on any atom is -0.388 e. The molecule has 4 nitrogen and oxygen atoms in total. The van der Waals surface area contributed by atoms with E-state index in [1.165, 1.54) is 0 Å². The molecule has 0 fully saturated rings. The van der Waals surface area contributed by atoms with Crippen molar-refractivity contribution < 1.29 is 9.90 Å². The summed E-state index contributed by atoms with van der Waals surface area (Å²) in [5.41, 5.74) is 0.690. The monoisotopic (exact) mass is 292 g/mol. The molecule has 106 valence electrons. The lowest BCUT2D eigenvalue weighted by Crippen LogP contribution is -2.28. The molecule has 1 aromatic heterocycles. The van der Waals surface area contributed by atoms with E-state index in [2.05, 4.69) is 5.32 Å². The van der Waals surface area contributed by atoms with Gasteiger partial charge in [-0.15, -0.1) is 0 Å². The molecule has 0 spiro atoms. The van der Waals surface area contributed by atoms with Crippen LogP contribution in [0.1, 0.15) is 18.1 Å². The number of aliphatic hydroxyl groups excluding tert-OH is 1. The molecule has 1 unspecified atom stereocenters. The van der Waals surface area contributed by atoms with Gasteiger partial charge in [-0.1, -0.05) is 23.7 Å². The lowest BCUT2D eigenvalue weighted by Gasteiger charge is -2.11. The normalized spacial score (nSPS) is 12.1. The molecule has 20 heavy (non-hydrogen) atoms. The number of nitrogens with one attached hydrogen (secondary N) is 1. The van der Waals surface area contributed by atoms with Gasteiger partial charge in [-0.25, -0.2) is 0 Å². The van der Waals surface area contributed by atoms with E-state index in [-0.39, 0.29) is 12.3 Å². The van der Waals surface area contributed by atoms with Gasteiger partial charge in [0.1, 0.15) is 0 Å². The summed E-state index contributed by atoms with van der Waals surface area (Å²) < 4.78 is 1.98. The second kappa shape index (κ2) is 7.12. The maximum absolute atomic E-state index is 11.7. The van der Waals surface area contributed by atoms with E-state index < -0.39 is 6.10 Å². The Morgan fingerprint density at radius 1 is 1.25 bits per heavy atom. The fraction of sp³-hybridized carbons (Fsp3) is 0.267. The molecule has 0 bridgehead atoms. The fourth-order valence-corrected chi connectivity index (χ4v) is 2.02. The Bertz CT molecular complexity index is 538. The standard InChI is InChI=1S/C15H17ClN2O2/c16-13-5-3-12(4-6-13)14(19)11-15(20)17-7-10-18-8-1-2-9-18/h1-6,8-9,14,19H,7,10-11H2,(H,17,20). The van der Waals surface area contributed by atoms with Crippen molar-refractivity contribution in [1.29, 1.82) is 0 Å². The average Bonchev–Trinajstić information content (AvgIpc) is 2.92. The Kier molecular flexibility index (Phi) is 5.21. The molecule has 1 atom stereocenters. The minimum atomic E-state index is -0.807. The zero-order valence-electron chi connectivity index (χ0n) is 11.0. The zero-order chi connectivity index (χ0) is 14.4. The van der Waals surface area contributed by atoms with E-state index in [0.717, 1.165) is 6.54 Å². The number of hydrogen-bond donors (Lipinski definition) is 2. The number of nitrogens with zero attached hydrogens (tertiary/aromatic N) is 1. The fourth-order valence-electron chi connectivity index (χ4n) is 1.89. The Balaban J connectivity index is 1.74. The van der Waals surface area contributed by atoms with Crippen molar-refractivity contribution in [3.05, 3.63) is 59.4 Å². The van der Waals surface area contributed by atoms with Gasteiger partial charge in [0.15, 0.2) is 0 Å². The lowest BCUT2D eigenvalue weighted by atomic mass is 10.1. The number of halogens is 1. The predicted molar refractivity (Wildman–Crippen MR) is 78.5 cm³/mol. The maximum Gasteiger partial charge on any atom is 0.223 e. The van der Waals surface area contributed by atoms with Crippen LogP contribution in [0.15, 0.2) is 48.8 Å². The van der Waals surface area contributed by atoms with E-state index in [9.17, 15) is 9.90 Å². The third-order valence-corrected chi connectivity index (χ3v) is 3.24. The van der Waals surface area contributed by atoms with Crippen molar-refractivity contribution in [2.24, 2.45) is 0 Å². The third-order valence-electron chi connectivity index (χ3n) is 2.99. The van der Waals surface area contributed by atoms with Crippen LogP contribution in [0.25, 0.3) is 0 Å². The maximum atomic E-state index is 11.7. The van der Waals surface area contributed by atoms with Crippen molar-refractivity contribution in [2.45, 2.75) is 19.1 Å². The van der Waals surface area contributed by atoms with E-state index in [0.29, 0.717) is 17.1 Å². The van der Waals surface area contributed by atoms with Gasteiger partial charge < -0.3 is 15.0 Å². The highest BCUT2D eigenvalue weighted by Crippen LogP contribution is 2.18. The van der Waals surface area contributed by atoms with Gasteiger partial charge >= 0.3 is 0 Å². The van der Waals surface area contributed by atoms with E-state index >= 15 is 0 Å². The third kappa shape index (κ3) is 4.40. The molecular weight excluding hydrogens is 276 g/mol. The highest BCUT2D eigenvalue weighted by atomic mass is 35.5. The molecule has 2 aromatic rings. The Morgan fingerprint density at radius 3 is 2.55 bits per heavy atom. The van der Waals surface area contributed by atoms with Crippen LogP contribution in [0.2, 0.25) is 5.02 Å². The quantitative estimate of drug-likeness (QED) is 0.859. The number of carbonyl (C=O) groups excluding carboxylic acids is 1. The van der Waals surface area contributed by atoms with Gasteiger partial charge in [0, 0.05) is 30.5 Å². The number of amides is 1. The minimum absolute atomic E-state index is 0.0489. The molecule has 0 saturated heterocycles. The summed E-state index contributed by atoms with van der Waals surface area (Å²) in [4.78, 5) is 11.7. The largest absolute Gasteiger partial charge is 0.388 e. The summed E-state index contributed by atoms with van der Waals surface area (Å²) in [6.07, 6.45) is 3.12. The van der Waals surface area contributed by atoms with Gasteiger partial charge in [0.05, 0.1) is 12.5 Å². The molecule has 5 heteroatoms. The van der Waals surface area contributed by atoms with Gasteiger partial charge in [-0.05, 0) is 29.8 Å². The highest BCUT2D eigenvalue weighted by Gasteiger charge is 2.12. The number of aromatic nitrogens is 1. The van der Waals surface area contributed by atoms with Crippen LogP contribution in [0.5, 0.6) is 0 Å². The van der Waals surface area contributed by atoms with Gasteiger partial charge in [0.2, 0.25) is 5.91 Å². The smallest absolute Gasteiger partial charge is 0.223 e. The SMILES string of the molecule is O=C(CC(O)c1ccc(Cl)cc1)NCCn1cccc1. The van der Waals surface area contributed by atoms with Crippen LogP contribution in [0.4, 0.5) is 0 Å². The molecule has 2 N–H and O–H groups in total. The van der Waals surface area contributed by atoms with Crippen LogP contribution in [0.3, 0.4) is 0 Å². The van der Waals surface area contributed by atoms with Gasteiger partial charge in [-0.3, -0.25) is 4.79 Å². The molecule has 1 amide bonds. The molecule has 0 radical (unpaired) electrons. The van der Waals surface area contributed by atoms with Crippen LogP contribution in [-0.4, -0.2) is 22.1 Å². The zero-order valence-corrected chi connectivity index (χ0v) is 11.8. The van der Waals surface area contributed by atoms with Gasteiger partial charge in [-0.2, -0.15) is 0 Å². The van der Waals surface area contributed by atoms with E-state index in [4.69, 9.17) is 11.6 Å². The first-order valence-electron chi connectivity index (χ1n) is 6.46. The molecule has 0 aliphatic rings. The van der Waals surface area contributed by atoms with E-state index in [1.807, 2.05) is 29.1 Å². The van der Waals surface area contributed by atoms with Crippen molar-refractivity contribution in [1.82, 2.24) is 9.88 Å². The van der Waals surface area contributed by atoms with Crippen molar-refractivity contribution >= 4 is 17.5 Å². The number of aliphatic hydroxyl groups is 1. The molecule has 0 saturated carbocycles. The first kappa shape index (κ1) is 14.6. The summed E-state index contributed by atoms with van der Waals surface area (Å²) >= 11 is 5.78. The van der Waals surface area contributed by atoms with Crippen LogP contribution in [-0.2, 0) is 11.3 Å². The Hall–Kier alpha value is -1.78. The van der Waals surface area contributed by atoms with Crippen LogP contribution >= 0.6 is 11.6 Å². The van der Waals surface area contributed by atoms with Crippen LogP contribution < -0.4 is 5.32 Å². The molecule has 0 aliphatic carbocycles. The van der Waals surface area contributed by atoms with Crippen LogP contribution in [0, 0.1) is 0 Å². The summed E-state index contributed by atoms with van der Waals surface area (Å²) in [6.45, 7) is 1.26.